The molecule has 1 N–H and O–H groups in total. The van der Waals surface area contributed by atoms with Crippen LogP contribution < -0.4 is 0 Å². The summed E-state index contributed by atoms with van der Waals surface area (Å²) in [5.74, 6) is 4.79. The first-order valence-electron chi connectivity index (χ1n) is 5.61. The van der Waals surface area contributed by atoms with Gasteiger partial charge < -0.3 is 9.84 Å². The predicted molar refractivity (Wildman–Crippen MR) is 67.1 cm³/mol. The van der Waals surface area contributed by atoms with E-state index in [-0.39, 0.29) is 24.3 Å². The van der Waals surface area contributed by atoms with Gasteiger partial charge in [0.15, 0.2) is 0 Å². The monoisotopic (exact) mass is 263 g/mol. The van der Waals surface area contributed by atoms with E-state index < -0.39 is 17.5 Å². The lowest BCUT2D eigenvalue weighted by Crippen LogP contribution is -2.01. The van der Waals surface area contributed by atoms with Crippen LogP contribution in [-0.4, -0.2) is 22.6 Å². The number of aliphatic hydroxyl groups excluding tert-OH is 1. The highest BCUT2D eigenvalue weighted by molar-refractivity contribution is 5.72. The molecular formula is C13H13NO5. The fraction of sp³-hybridized carbons (Fsp3) is 0.308. The highest BCUT2D eigenvalue weighted by Crippen LogP contribution is 2.19. The molecule has 6 nitrogen and oxygen atoms in total. The Balaban J connectivity index is 2.86. The van der Waals surface area contributed by atoms with Crippen molar-refractivity contribution in [2.75, 3.05) is 6.61 Å². The highest BCUT2D eigenvalue weighted by Gasteiger charge is 2.12. The molecule has 0 radical (unpaired) electrons. The van der Waals surface area contributed by atoms with E-state index in [2.05, 4.69) is 11.8 Å². The standard InChI is InChI=1S/C13H13NO5/c1-2-19-13(16)5-3-4-10-6-7-11(9-15)12(8-10)14(17)18/h6-8,15H,2,5,9H2,1H3. The third kappa shape index (κ3) is 4.41. The zero-order chi connectivity index (χ0) is 14.3. The Kier molecular flexibility index (Phi) is 5.51. The average Bonchev–Trinajstić information content (AvgIpc) is 2.38. The molecule has 0 aliphatic rings. The van der Waals surface area contributed by atoms with Crippen LogP contribution in [0.15, 0.2) is 18.2 Å². The molecule has 19 heavy (non-hydrogen) atoms. The third-order valence-electron chi connectivity index (χ3n) is 2.22. The number of rotatable bonds is 4. The van der Waals surface area contributed by atoms with E-state index in [9.17, 15) is 14.9 Å². The number of nitro benzene ring substituents is 1. The number of hydrogen-bond acceptors (Lipinski definition) is 5. The number of benzene rings is 1. The van der Waals surface area contributed by atoms with Crippen molar-refractivity contribution in [3.63, 3.8) is 0 Å². The van der Waals surface area contributed by atoms with E-state index >= 15 is 0 Å². The summed E-state index contributed by atoms with van der Waals surface area (Å²) >= 11 is 0. The van der Waals surface area contributed by atoms with Crippen LogP contribution in [0.25, 0.3) is 0 Å². The number of esters is 1. The van der Waals surface area contributed by atoms with Crippen LogP contribution in [-0.2, 0) is 16.1 Å². The number of nitrogens with zero attached hydrogens (tertiary/aromatic N) is 1. The molecule has 1 aromatic rings. The van der Waals surface area contributed by atoms with E-state index in [1.165, 1.54) is 12.1 Å². The van der Waals surface area contributed by atoms with E-state index in [0.29, 0.717) is 5.56 Å². The van der Waals surface area contributed by atoms with Crippen LogP contribution in [0, 0.1) is 22.0 Å². The first-order valence-corrected chi connectivity index (χ1v) is 5.61. The van der Waals surface area contributed by atoms with Gasteiger partial charge in [-0.3, -0.25) is 14.9 Å². The SMILES string of the molecule is CCOC(=O)CC#Cc1ccc(CO)c([N+](=O)[O-])c1. The highest BCUT2D eigenvalue weighted by atomic mass is 16.6. The van der Waals surface area contributed by atoms with E-state index in [0.717, 1.165) is 0 Å². The average molecular weight is 263 g/mol. The summed E-state index contributed by atoms with van der Waals surface area (Å²) in [5, 5.41) is 19.7. The summed E-state index contributed by atoms with van der Waals surface area (Å²) in [4.78, 5) is 21.2. The van der Waals surface area contributed by atoms with Crippen LogP contribution >= 0.6 is 0 Å². The molecule has 1 aromatic carbocycles. The Hall–Kier alpha value is -2.39. The first kappa shape index (κ1) is 14.7. The minimum Gasteiger partial charge on any atom is -0.465 e. The summed E-state index contributed by atoms with van der Waals surface area (Å²) in [7, 11) is 0. The Bertz CT molecular complexity index is 542. The fourth-order valence-electron chi connectivity index (χ4n) is 1.38. The van der Waals surface area contributed by atoms with Crippen LogP contribution in [0.5, 0.6) is 0 Å². The molecule has 0 fully saturated rings. The quantitative estimate of drug-likeness (QED) is 0.384. The van der Waals surface area contributed by atoms with Gasteiger partial charge in [-0.15, -0.1) is 0 Å². The molecule has 0 saturated heterocycles. The van der Waals surface area contributed by atoms with Crippen molar-refractivity contribution >= 4 is 11.7 Å². The molecule has 0 amide bonds. The molecule has 100 valence electrons. The van der Waals surface area contributed by atoms with Crippen LogP contribution in [0.2, 0.25) is 0 Å². The Morgan fingerprint density at radius 1 is 1.53 bits per heavy atom. The Labute approximate surface area is 110 Å². The molecule has 1 rings (SSSR count). The first-order chi connectivity index (χ1) is 9.08. The topological polar surface area (TPSA) is 89.7 Å². The van der Waals surface area contributed by atoms with Gasteiger partial charge in [-0.05, 0) is 19.1 Å². The molecule has 0 unspecified atom stereocenters. The summed E-state index contributed by atoms with van der Waals surface area (Å²) in [6, 6.07) is 4.26. The van der Waals surface area contributed by atoms with Crippen molar-refractivity contribution in [1.29, 1.82) is 0 Å². The van der Waals surface area contributed by atoms with Crippen molar-refractivity contribution in [3.8, 4) is 11.8 Å². The lowest BCUT2D eigenvalue weighted by molar-refractivity contribution is -0.385. The van der Waals surface area contributed by atoms with Gasteiger partial charge in [0.2, 0.25) is 0 Å². The van der Waals surface area contributed by atoms with Crippen molar-refractivity contribution in [1.82, 2.24) is 0 Å². The maximum atomic E-state index is 11.0. The maximum Gasteiger partial charge on any atom is 0.317 e. The molecule has 0 saturated carbocycles. The van der Waals surface area contributed by atoms with Gasteiger partial charge in [-0.2, -0.15) is 0 Å². The van der Waals surface area contributed by atoms with Gasteiger partial charge in [0.05, 0.1) is 23.7 Å². The number of carbonyl (C=O) groups is 1. The molecule has 0 bridgehead atoms. The van der Waals surface area contributed by atoms with Crippen LogP contribution in [0.1, 0.15) is 24.5 Å². The van der Waals surface area contributed by atoms with E-state index in [1.54, 1.807) is 13.0 Å². The van der Waals surface area contributed by atoms with Crippen LogP contribution in [0.3, 0.4) is 0 Å². The minimum atomic E-state index is -0.581. The Morgan fingerprint density at radius 3 is 2.84 bits per heavy atom. The van der Waals surface area contributed by atoms with Gasteiger partial charge in [-0.25, -0.2) is 0 Å². The lowest BCUT2D eigenvalue weighted by Gasteiger charge is -1.99. The number of hydrogen-bond donors (Lipinski definition) is 1. The molecule has 0 atom stereocenters. The second-order valence-electron chi connectivity index (χ2n) is 3.54. The zero-order valence-corrected chi connectivity index (χ0v) is 10.4. The second kappa shape index (κ2) is 7.13. The van der Waals surface area contributed by atoms with Gasteiger partial charge in [0.25, 0.3) is 5.69 Å². The Morgan fingerprint density at radius 2 is 2.26 bits per heavy atom. The lowest BCUT2D eigenvalue weighted by atomic mass is 10.1. The predicted octanol–water partition coefficient (Wildman–Crippen LogP) is 1.39. The van der Waals surface area contributed by atoms with Crippen molar-refractivity contribution < 1.29 is 19.6 Å². The number of ether oxygens (including phenoxy) is 1. The van der Waals surface area contributed by atoms with Crippen molar-refractivity contribution in [2.24, 2.45) is 0 Å². The number of carbonyl (C=O) groups excluding carboxylic acids is 1. The number of nitro groups is 1. The second-order valence-corrected chi connectivity index (χ2v) is 3.54. The van der Waals surface area contributed by atoms with Gasteiger partial charge >= 0.3 is 5.97 Å². The molecule has 6 heteroatoms. The van der Waals surface area contributed by atoms with Crippen molar-refractivity contribution in [2.45, 2.75) is 20.0 Å². The third-order valence-corrected chi connectivity index (χ3v) is 2.22. The molecule has 0 aromatic heterocycles. The summed E-state index contributed by atoms with van der Waals surface area (Å²) < 4.78 is 4.70. The molecule has 0 spiro atoms. The van der Waals surface area contributed by atoms with Crippen LogP contribution in [0.4, 0.5) is 5.69 Å². The summed E-state index contributed by atoms with van der Waals surface area (Å²) in [6.45, 7) is 1.58. The van der Waals surface area contributed by atoms with Gasteiger partial charge in [-0.1, -0.05) is 11.8 Å². The number of aliphatic hydroxyl groups is 1. The smallest absolute Gasteiger partial charge is 0.317 e. The molecular weight excluding hydrogens is 250 g/mol. The minimum absolute atomic E-state index is 0.0661. The summed E-state index contributed by atoms with van der Waals surface area (Å²) in [6.07, 6.45) is -0.0661. The van der Waals surface area contributed by atoms with Gasteiger partial charge in [0.1, 0.15) is 6.42 Å². The van der Waals surface area contributed by atoms with Gasteiger partial charge in [0, 0.05) is 11.6 Å². The van der Waals surface area contributed by atoms with E-state index in [1.807, 2.05) is 0 Å². The molecule has 0 heterocycles. The maximum absolute atomic E-state index is 11.0. The summed E-state index contributed by atoms with van der Waals surface area (Å²) in [5.41, 5.74) is 0.444. The normalized spacial score (nSPS) is 9.37. The van der Waals surface area contributed by atoms with Crippen molar-refractivity contribution in [3.05, 3.63) is 39.4 Å². The molecule has 0 aliphatic carbocycles. The molecule has 0 aliphatic heterocycles. The van der Waals surface area contributed by atoms with E-state index in [4.69, 9.17) is 9.84 Å². The largest absolute Gasteiger partial charge is 0.465 e. The zero-order valence-electron chi connectivity index (χ0n) is 10.4. The fourth-order valence-corrected chi connectivity index (χ4v) is 1.38.